The SMILES string of the molecule is CNCC1CCCN(C(C)C)C1c1ccc(C)c(Cl)c1. The molecule has 1 heterocycles. The highest BCUT2D eigenvalue weighted by molar-refractivity contribution is 6.31. The number of halogens is 1. The predicted octanol–water partition coefficient (Wildman–Crippen LogP) is 4.03. The summed E-state index contributed by atoms with van der Waals surface area (Å²) in [5.74, 6) is 0.662. The van der Waals surface area contributed by atoms with Gasteiger partial charge < -0.3 is 5.32 Å². The van der Waals surface area contributed by atoms with Crippen molar-refractivity contribution in [3.8, 4) is 0 Å². The Morgan fingerprint density at radius 3 is 2.75 bits per heavy atom. The molecule has 0 bridgehead atoms. The lowest BCUT2D eigenvalue weighted by molar-refractivity contribution is 0.0636. The lowest BCUT2D eigenvalue weighted by atomic mass is 9.83. The van der Waals surface area contributed by atoms with Crippen molar-refractivity contribution in [3.05, 3.63) is 34.3 Å². The number of benzene rings is 1. The van der Waals surface area contributed by atoms with Gasteiger partial charge in [0.2, 0.25) is 0 Å². The molecular formula is C17H27ClN2. The molecule has 1 aliphatic heterocycles. The van der Waals surface area contributed by atoms with Gasteiger partial charge in [-0.1, -0.05) is 23.7 Å². The summed E-state index contributed by atoms with van der Waals surface area (Å²) in [6.45, 7) is 8.92. The first-order valence-corrected chi connectivity index (χ1v) is 8.08. The van der Waals surface area contributed by atoms with Gasteiger partial charge in [0.05, 0.1) is 0 Å². The van der Waals surface area contributed by atoms with Crippen LogP contribution in [0.5, 0.6) is 0 Å². The monoisotopic (exact) mass is 294 g/mol. The Bertz CT molecular complexity index is 443. The van der Waals surface area contributed by atoms with Crippen LogP contribution in [0.15, 0.2) is 18.2 Å². The maximum absolute atomic E-state index is 6.35. The Balaban J connectivity index is 2.35. The number of piperidine rings is 1. The van der Waals surface area contributed by atoms with Crippen molar-refractivity contribution in [2.75, 3.05) is 20.1 Å². The molecule has 2 nitrogen and oxygen atoms in total. The van der Waals surface area contributed by atoms with E-state index in [0.717, 1.165) is 17.1 Å². The van der Waals surface area contributed by atoms with Crippen molar-refractivity contribution in [2.24, 2.45) is 5.92 Å². The third-order valence-electron chi connectivity index (χ3n) is 4.46. The number of nitrogens with zero attached hydrogens (tertiary/aromatic N) is 1. The summed E-state index contributed by atoms with van der Waals surface area (Å²) in [7, 11) is 2.05. The van der Waals surface area contributed by atoms with Crippen LogP contribution in [0.2, 0.25) is 5.02 Å². The van der Waals surface area contributed by atoms with Crippen LogP contribution in [0, 0.1) is 12.8 Å². The fourth-order valence-electron chi connectivity index (χ4n) is 3.42. The van der Waals surface area contributed by atoms with Crippen LogP contribution in [0.25, 0.3) is 0 Å². The Morgan fingerprint density at radius 2 is 2.15 bits per heavy atom. The minimum absolute atomic E-state index is 0.481. The molecule has 1 aromatic rings. The number of hydrogen-bond acceptors (Lipinski definition) is 2. The summed E-state index contributed by atoms with van der Waals surface area (Å²) < 4.78 is 0. The van der Waals surface area contributed by atoms with E-state index in [1.165, 1.54) is 24.9 Å². The van der Waals surface area contributed by atoms with Crippen molar-refractivity contribution in [1.29, 1.82) is 0 Å². The molecule has 1 saturated heterocycles. The first kappa shape index (κ1) is 15.8. The molecule has 1 aliphatic rings. The predicted molar refractivity (Wildman–Crippen MR) is 87.4 cm³/mol. The summed E-state index contributed by atoms with van der Waals surface area (Å²) in [6, 6.07) is 7.63. The molecule has 1 aromatic carbocycles. The van der Waals surface area contributed by atoms with Crippen LogP contribution in [0.4, 0.5) is 0 Å². The zero-order valence-corrected chi connectivity index (χ0v) is 13.9. The van der Waals surface area contributed by atoms with Crippen LogP contribution >= 0.6 is 11.6 Å². The first-order chi connectivity index (χ1) is 9.54. The van der Waals surface area contributed by atoms with Crippen LogP contribution in [0.3, 0.4) is 0 Å². The molecule has 2 rings (SSSR count). The molecule has 0 aliphatic carbocycles. The second-order valence-corrected chi connectivity index (χ2v) is 6.65. The Labute approximate surface area is 128 Å². The maximum Gasteiger partial charge on any atom is 0.0438 e. The Kier molecular flexibility index (Phi) is 5.48. The van der Waals surface area contributed by atoms with E-state index in [9.17, 15) is 0 Å². The molecule has 0 saturated carbocycles. The smallest absolute Gasteiger partial charge is 0.0438 e. The fourth-order valence-corrected chi connectivity index (χ4v) is 3.60. The van der Waals surface area contributed by atoms with Gasteiger partial charge in [0, 0.05) is 17.1 Å². The summed E-state index contributed by atoms with van der Waals surface area (Å²) in [6.07, 6.45) is 2.58. The summed E-state index contributed by atoms with van der Waals surface area (Å²) in [4.78, 5) is 2.63. The second-order valence-electron chi connectivity index (χ2n) is 6.25. The van der Waals surface area contributed by atoms with E-state index in [2.05, 4.69) is 49.2 Å². The van der Waals surface area contributed by atoms with E-state index in [-0.39, 0.29) is 0 Å². The lowest BCUT2D eigenvalue weighted by Gasteiger charge is -2.44. The number of nitrogens with one attached hydrogen (secondary N) is 1. The molecule has 0 radical (unpaired) electrons. The van der Waals surface area contributed by atoms with E-state index < -0.39 is 0 Å². The summed E-state index contributed by atoms with van der Waals surface area (Å²) in [5.41, 5.74) is 2.53. The molecule has 3 heteroatoms. The number of likely N-dealkylation sites (tertiary alicyclic amines) is 1. The molecular weight excluding hydrogens is 268 g/mol. The van der Waals surface area contributed by atoms with Gasteiger partial charge in [-0.15, -0.1) is 0 Å². The van der Waals surface area contributed by atoms with Gasteiger partial charge in [0.15, 0.2) is 0 Å². The van der Waals surface area contributed by atoms with Gasteiger partial charge in [-0.25, -0.2) is 0 Å². The molecule has 20 heavy (non-hydrogen) atoms. The van der Waals surface area contributed by atoms with E-state index in [1.807, 2.05) is 7.05 Å². The third-order valence-corrected chi connectivity index (χ3v) is 4.87. The molecule has 112 valence electrons. The number of aryl methyl sites for hydroxylation is 1. The standard InChI is InChI=1S/C17H27ClN2/c1-12(2)20-9-5-6-15(11-19-4)17(20)14-8-7-13(3)16(18)10-14/h7-8,10,12,15,17,19H,5-6,9,11H2,1-4H3. The quantitative estimate of drug-likeness (QED) is 0.902. The average Bonchev–Trinajstić information content (AvgIpc) is 2.42. The Morgan fingerprint density at radius 1 is 1.40 bits per heavy atom. The molecule has 1 fully saturated rings. The summed E-state index contributed by atoms with van der Waals surface area (Å²) >= 11 is 6.35. The largest absolute Gasteiger partial charge is 0.319 e. The first-order valence-electron chi connectivity index (χ1n) is 7.71. The van der Waals surface area contributed by atoms with Gasteiger partial charge >= 0.3 is 0 Å². The van der Waals surface area contributed by atoms with Crippen molar-refractivity contribution < 1.29 is 0 Å². The van der Waals surface area contributed by atoms with Crippen LogP contribution < -0.4 is 5.32 Å². The van der Waals surface area contributed by atoms with Gasteiger partial charge in [-0.2, -0.15) is 0 Å². The van der Waals surface area contributed by atoms with Crippen molar-refractivity contribution >= 4 is 11.6 Å². The van der Waals surface area contributed by atoms with Crippen LogP contribution in [0.1, 0.15) is 43.9 Å². The van der Waals surface area contributed by atoms with Crippen LogP contribution in [-0.2, 0) is 0 Å². The Hall–Kier alpha value is -0.570. The average molecular weight is 295 g/mol. The van der Waals surface area contributed by atoms with E-state index in [4.69, 9.17) is 11.6 Å². The lowest BCUT2D eigenvalue weighted by Crippen LogP contribution is -2.45. The molecule has 1 N–H and O–H groups in total. The fraction of sp³-hybridized carbons (Fsp3) is 0.647. The topological polar surface area (TPSA) is 15.3 Å². The maximum atomic E-state index is 6.35. The zero-order valence-electron chi connectivity index (χ0n) is 13.1. The van der Waals surface area contributed by atoms with Crippen molar-refractivity contribution in [1.82, 2.24) is 10.2 Å². The van der Waals surface area contributed by atoms with Gasteiger partial charge in [0.25, 0.3) is 0 Å². The summed E-state index contributed by atoms with van der Waals surface area (Å²) in [5, 5.41) is 4.25. The van der Waals surface area contributed by atoms with E-state index in [1.54, 1.807) is 0 Å². The third kappa shape index (κ3) is 3.36. The zero-order chi connectivity index (χ0) is 14.7. The normalized spacial score (nSPS) is 24.3. The van der Waals surface area contributed by atoms with Gasteiger partial charge in [-0.3, -0.25) is 4.90 Å². The van der Waals surface area contributed by atoms with E-state index in [0.29, 0.717) is 18.0 Å². The highest BCUT2D eigenvalue weighted by Gasteiger charge is 2.33. The molecule has 0 amide bonds. The van der Waals surface area contributed by atoms with Crippen molar-refractivity contribution in [2.45, 2.75) is 45.7 Å². The number of rotatable bonds is 4. The molecule has 2 unspecified atom stereocenters. The highest BCUT2D eigenvalue weighted by Crippen LogP contribution is 2.38. The van der Waals surface area contributed by atoms with E-state index >= 15 is 0 Å². The highest BCUT2D eigenvalue weighted by atomic mass is 35.5. The van der Waals surface area contributed by atoms with Crippen molar-refractivity contribution in [3.63, 3.8) is 0 Å². The molecule has 2 atom stereocenters. The second kappa shape index (κ2) is 6.93. The molecule has 0 aromatic heterocycles. The van der Waals surface area contributed by atoms with Gasteiger partial charge in [-0.05, 0) is 76.9 Å². The van der Waals surface area contributed by atoms with Gasteiger partial charge in [0.1, 0.15) is 0 Å². The minimum atomic E-state index is 0.481. The molecule has 0 spiro atoms. The number of hydrogen-bond donors (Lipinski definition) is 1. The van der Waals surface area contributed by atoms with Crippen LogP contribution in [-0.4, -0.2) is 31.1 Å². The minimum Gasteiger partial charge on any atom is -0.319 e.